The van der Waals surface area contributed by atoms with Gasteiger partial charge in [-0.2, -0.15) is 0 Å². The van der Waals surface area contributed by atoms with Crippen molar-refractivity contribution < 1.29 is 19.1 Å². The van der Waals surface area contributed by atoms with Crippen LogP contribution in [0.3, 0.4) is 0 Å². The molecule has 9 nitrogen and oxygen atoms in total. The van der Waals surface area contributed by atoms with Crippen LogP contribution in [-0.2, 0) is 27.3 Å². The highest BCUT2D eigenvalue weighted by Gasteiger charge is 2.36. The Labute approximate surface area is 225 Å². The van der Waals surface area contributed by atoms with E-state index in [1.807, 2.05) is 51.7 Å². The highest BCUT2D eigenvalue weighted by atomic mass is 16.5. The number of aromatic nitrogens is 3. The Bertz CT molecular complexity index is 1700. The van der Waals surface area contributed by atoms with Crippen molar-refractivity contribution in [2.24, 2.45) is 0 Å². The van der Waals surface area contributed by atoms with Crippen molar-refractivity contribution in [1.82, 2.24) is 23.8 Å². The second-order valence-electron chi connectivity index (χ2n) is 10.5. The maximum Gasteiger partial charge on any atom is 0.320 e. The van der Waals surface area contributed by atoms with E-state index in [0.29, 0.717) is 69.2 Å². The van der Waals surface area contributed by atoms with Gasteiger partial charge in [-0.15, -0.1) is 0 Å². The fraction of sp³-hybridized carbons (Fsp3) is 0.333. The van der Waals surface area contributed by atoms with E-state index in [0.717, 1.165) is 33.2 Å². The number of Topliss-reactive ketones (excluding diaryl/α,β-unsaturated/α-hetero) is 2. The minimum Gasteiger partial charge on any atom is -0.378 e. The van der Waals surface area contributed by atoms with Gasteiger partial charge in [0, 0.05) is 61.6 Å². The Kier molecular flexibility index (Phi) is 5.62. The van der Waals surface area contributed by atoms with Crippen LogP contribution < -0.4 is 0 Å². The van der Waals surface area contributed by atoms with Crippen LogP contribution in [0.25, 0.3) is 27.7 Å². The fourth-order valence-electron chi connectivity index (χ4n) is 6.27. The van der Waals surface area contributed by atoms with Crippen molar-refractivity contribution in [2.75, 3.05) is 39.4 Å². The molecule has 0 N–H and O–H groups in total. The molecule has 3 aromatic heterocycles. The number of hydrogen-bond acceptors (Lipinski definition) is 5. The van der Waals surface area contributed by atoms with Gasteiger partial charge in [0.2, 0.25) is 0 Å². The smallest absolute Gasteiger partial charge is 0.320 e. The van der Waals surface area contributed by atoms with Crippen molar-refractivity contribution in [1.29, 1.82) is 0 Å². The predicted molar refractivity (Wildman–Crippen MR) is 146 cm³/mol. The maximum atomic E-state index is 13.4. The van der Waals surface area contributed by atoms with Crippen LogP contribution in [0.5, 0.6) is 0 Å². The SMILES string of the molecule is Cc1cc2c3c(c1)c(C1=C(c4cnc5ccccn45)C(=O)CC1=O)cn3CCN(C(=O)N1CCOCC1)CC2. The predicted octanol–water partition coefficient (Wildman–Crippen LogP) is 3.36. The topological polar surface area (TPSA) is 89.2 Å². The molecule has 1 aliphatic carbocycles. The van der Waals surface area contributed by atoms with E-state index in [1.54, 1.807) is 6.20 Å². The highest BCUT2D eigenvalue weighted by Crippen LogP contribution is 2.40. The molecule has 2 amide bonds. The molecule has 1 saturated heterocycles. The quantitative estimate of drug-likeness (QED) is 0.376. The first kappa shape index (κ1) is 23.8. The third kappa shape index (κ3) is 3.87. The van der Waals surface area contributed by atoms with Gasteiger partial charge in [0.1, 0.15) is 5.65 Å². The minimum atomic E-state index is -0.180. The van der Waals surface area contributed by atoms with Gasteiger partial charge >= 0.3 is 6.03 Å². The molecule has 198 valence electrons. The van der Waals surface area contributed by atoms with Gasteiger partial charge in [0.15, 0.2) is 11.6 Å². The van der Waals surface area contributed by atoms with Gasteiger partial charge in [0.25, 0.3) is 0 Å². The van der Waals surface area contributed by atoms with E-state index in [1.165, 1.54) is 0 Å². The molecule has 0 spiro atoms. The summed E-state index contributed by atoms with van der Waals surface area (Å²) in [5, 5.41) is 0.974. The zero-order valence-electron chi connectivity index (χ0n) is 21.9. The molecule has 7 rings (SSSR count). The molecule has 2 aliphatic heterocycles. The molecule has 0 radical (unpaired) electrons. The summed E-state index contributed by atoms with van der Waals surface area (Å²) in [4.78, 5) is 48.3. The second kappa shape index (κ2) is 9.20. The summed E-state index contributed by atoms with van der Waals surface area (Å²) in [6, 6.07) is 10.00. The molecule has 0 atom stereocenters. The first-order valence-electron chi connectivity index (χ1n) is 13.5. The van der Waals surface area contributed by atoms with Gasteiger partial charge in [-0.1, -0.05) is 17.7 Å². The van der Waals surface area contributed by atoms with E-state index in [9.17, 15) is 14.4 Å². The number of carbonyl (C=O) groups is 3. The summed E-state index contributed by atoms with van der Waals surface area (Å²) in [7, 11) is 0. The third-order valence-electron chi connectivity index (χ3n) is 8.08. The van der Waals surface area contributed by atoms with Gasteiger partial charge in [-0.25, -0.2) is 9.78 Å². The van der Waals surface area contributed by atoms with Gasteiger partial charge < -0.3 is 19.1 Å². The highest BCUT2D eigenvalue weighted by molar-refractivity contribution is 6.51. The average molecular weight is 524 g/mol. The molecule has 3 aliphatic rings. The van der Waals surface area contributed by atoms with Crippen molar-refractivity contribution >= 4 is 45.3 Å². The number of imidazole rings is 1. The number of ether oxygens (including phenoxy) is 1. The Morgan fingerprint density at radius 3 is 2.59 bits per heavy atom. The Balaban J connectivity index is 1.35. The number of pyridine rings is 1. The molecule has 1 aromatic carbocycles. The summed E-state index contributed by atoms with van der Waals surface area (Å²) in [5.74, 6) is -0.344. The summed E-state index contributed by atoms with van der Waals surface area (Å²) in [6.07, 6.45) is 6.12. The lowest BCUT2D eigenvalue weighted by Gasteiger charge is -2.34. The minimum absolute atomic E-state index is 0.0483. The van der Waals surface area contributed by atoms with Crippen molar-refractivity contribution in [3.8, 4) is 0 Å². The number of morpholine rings is 1. The molecular weight excluding hydrogens is 494 g/mol. The average Bonchev–Trinajstić information content (AvgIpc) is 3.59. The van der Waals surface area contributed by atoms with Crippen LogP contribution >= 0.6 is 0 Å². The van der Waals surface area contributed by atoms with Crippen LogP contribution in [0.1, 0.15) is 28.8 Å². The molecule has 0 bridgehead atoms. The van der Waals surface area contributed by atoms with Crippen LogP contribution in [0, 0.1) is 6.92 Å². The Hall–Kier alpha value is -4.24. The van der Waals surface area contributed by atoms with E-state index in [2.05, 4.69) is 21.7 Å². The van der Waals surface area contributed by atoms with Crippen LogP contribution in [0.15, 0.2) is 48.9 Å². The number of fused-ring (bicyclic) bond motifs is 1. The molecule has 0 saturated carbocycles. The van der Waals surface area contributed by atoms with Crippen LogP contribution in [0.4, 0.5) is 4.79 Å². The fourth-order valence-corrected chi connectivity index (χ4v) is 6.27. The number of urea groups is 1. The number of allylic oxidation sites excluding steroid dienone is 2. The van der Waals surface area contributed by atoms with Crippen LogP contribution in [-0.4, -0.2) is 80.7 Å². The van der Waals surface area contributed by atoms with Crippen molar-refractivity contribution in [2.45, 2.75) is 26.3 Å². The molecular formula is C30H29N5O4. The van der Waals surface area contributed by atoms with E-state index >= 15 is 0 Å². The third-order valence-corrected chi connectivity index (χ3v) is 8.08. The molecule has 0 unspecified atom stereocenters. The van der Waals surface area contributed by atoms with E-state index in [4.69, 9.17) is 4.74 Å². The normalized spacial score (nSPS) is 18.4. The summed E-state index contributed by atoms with van der Waals surface area (Å²) in [6.45, 7) is 6.20. The van der Waals surface area contributed by atoms with E-state index in [-0.39, 0.29) is 24.0 Å². The molecule has 5 heterocycles. The number of carbonyl (C=O) groups excluding carboxylic acids is 3. The van der Waals surface area contributed by atoms with Gasteiger partial charge in [-0.05, 0) is 37.1 Å². The Morgan fingerprint density at radius 1 is 0.949 bits per heavy atom. The lowest BCUT2D eigenvalue weighted by atomic mass is 9.96. The molecule has 4 aromatic rings. The monoisotopic (exact) mass is 523 g/mol. The first-order chi connectivity index (χ1) is 19.0. The lowest BCUT2D eigenvalue weighted by Crippen LogP contribution is -2.49. The first-order valence-corrected chi connectivity index (χ1v) is 13.5. The number of ketones is 2. The summed E-state index contributed by atoms with van der Waals surface area (Å²) < 4.78 is 9.46. The number of benzene rings is 1. The van der Waals surface area contributed by atoms with Crippen molar-refractivity contribution in [3.05, 3.63) is 71.3 Å². The lowest BCUT2D eigenvalue weighted by molar-refractivity contribution is -0.119. The largest absolute Gasteiger partial charge is 0.378 e. The number of hydrogen-bond donors (Lipinski definition) is 0. The van der Waals surface area contributed by atoms with E-state index < -0.39 is 0 Å². The van der Waals surface area contributed by atoms with Gasteiger partial charge in [-0.3, -0.25) is 14.0 Å². The van der Waals surface area contributed by atoms with Crippen molar-refractivity contribution in [3.63, 3.8) is 0 Å². The Morgan fingerprint density at radius 2 is 1.74 bits per heavy atom. The van der Waals surface area contributed by atoms with Gasteiger partial charge in [0.05, 0.1) is 42.6 Å². The van der Waals surface area contributed by atoms with Crippen LogP contribution in [0.2, 0.25) is 0 Å². The zero-order chi connectivity index (χ0) is 26.7. The number of nitrogens with zero attached hydrogens (tertiary/aromatic N) is 5. The zero-order valence-corrected chi connectivity index (χ0v) is 21.9. The standard InChI is InChI=1S/C30H29N5O4/c1-19-14-20-5-7-32(30(38)33-10-12-39-13-11-33)8-9-34-18-22(21(15-19)29(20)34)27-24(36)16-25(37)28(27)23-17-31-26-4-2-3-6-35(23)26/h2-4,6,14-15,17-18H,5,7-13,16H2,1H3. The summed E-state index contributed by atoms with van der Waals surface area (Å²) >= 11 is 0. The molecule has 1 fully saturated rings. The number of amides is 2. The second-order valence-corrected chi connectivity index (χ2v) is 10.5. The molecule has 39 heavy (non-hydrogen) atoms. The summed E-state index contributed by atoms with van der Waals surface area (Å²) in [5.41, 5.74) is 6.33. The molecule has 9 heteroatoms. The number of aryl methyl sites for hydroxylation is 1. The maximum absolute atomic E-state index is 13.4. The number of rotatable bonds is 2.